The molecule has 1 aromatic carbocycles. The van der Waals surface area contributed by atoms with Crippen LogP contribution in [-0.4, -0.2) is 10.2 Å². The van der Waals surface area contributed by atoms with Crippen LogP contribution in [0.2, 0.25) is 5.02 Å². The summed E-state index contributed by atoms with van der Waals surface area (Å²) >= 11 is 11.1. The number of hydrogen-bond donors (Lipinski definition) is 0. The smallest absolute Gasteiger partial charge is 0.254 e. The minimum Gasteiger partial charge on any atom is -0.482 e. The highest BCUT2D eigenvalue weighted by Gasteiger charge is 2.07. The Bertz CT molecular complexity index is 787. The van der Waals surface area contributed by atoms with Crippen molar-refractivity contribution in [2.45, 2.75) is 6.61 Å². The van der Waals surface area contributed by atoms with E-state index >= 15 is 0 Å². The minimum atomic E-state index is 0.168. The highest BCUT2D eigenvalue weighted by atomic mass is 79.9. The van der Waals surface area contributed by atoms with Crippen molar-refractivity contribution in [2.75, 3.05) is 0 Å². The maximum absolute atomic E-state index is 6.08. The fourth-order valence-corrected chi connectivity index (χ4v) is 3.01. The Balaban J connectivity index is 1.62. The SMILES string of the molecule is Clc1cc(Br)ccc1OCc1nnc(C=Cc2cccs2)o1. The summed E-state index contributed by atoms with van der Waals surface area (Å²) in [7, 11) is 0. The lowest BCUT2D eigenvalue weighted by molar-refractivity contribution is 0.262. The number of aromatic nitrogens is 2. The average molecular weight is 398 g/mol. The minimum absolute atomic E-state index is 0.168. The summed E-state index contributed by atoms with van der Waals surface area (Å²) in [5.74, 6) is 1.40. The molecule has 2 aromatic heterocycles. The maximum atomic E-state index is 6.08. The summed E-state index contributed by atoms with van der Waals surface area (Å²) < 4.78 is 11.9. The van der Waals surface area contributed by atoms with E-state index in [2.05, 4.69) is 26.1 Å². The van der Waals surface area contributed by atoms with Gasteiger partial charge in [0.25, 0.3) is 5.89 Å². The van der Waals surface area contributed by atoms with Crippen LogP contribution < -0.4 is 4.74 Å². The van der Waals surface area contributed by atoms with Crippen molar-refractivity contribution in [3.63, 3.8) is 0 Å². The molecule has 3 rings (SSSR count). The van der Waals surface area contributed by atoms with Crippen molar-refractivity contribution < 1.29 is 9.15 Å². The molecule has 22 heavy (non-hydrogen) atoms. The van der Waals surface area contributed by atoms with E-state index in [1.165, 1.54) is 0 Å². The first-order valence-electron chi connectivity index (χ1n) is 6.32. The molecule has 0 bridgehead atoms. The molecule has 4 nitrogen and oxygen atoms in total. The van der Waals surface area contributed by atoms with E-state index in [1.54, 1.807) is 29.5 Å². The van der Waals surface area contributed by atoms with Crippen LogP contribution >= 0.6 is 38.9 Å². The van der Waals surface area contributed by atoms with Gasteiger partial charge in [-0.25, -0.2) is 0 Å². The lowest BCUT2D eigenvalue weighted by Crippen LogP contribution is -1.96. The van der Waals surface area contributed by atoms with Crippen LogP contribution in [0.15, 0.2) is 44.6 Å². The van der Waals surface area contributed by atoms with Crippen LogP contribution in [0.5, 0.6) is 5.75 Å². The molecule has 0 fully saturated rings. The van der Waals surface area contributed by atoms with Crippen molar-refractivity contribution in [1.82, 2.24) is 10.2 Å². The van der Waals surface area contributed by atoms with Gasteiger partial charge in [-0.2, -0.15) is 0 Å². The summed E-state index contributed by atoms with van der Waals surface area (Å²) in [5, 5.41) is 10.4. The highest BCUT2D eigenvalue weighted by Crippen LogP contribution is 2.28. The molecule has 0 amide bonds. The van der Waals surface area contributed by atoms with Gasteiger partial charge in [0.2, 0.25) is 5.89 Å². The summed E-state index contributed by atoms with van der Waals surface area (Å²) in [5.41, 5.74) is 0. The Morgan fingerprint density at radius 1 is 1.27 bits per heavy atom. The Labute approximate surface area is 144 Å². The van der Waals surface area contributed by atoms with Crippen LogP contribution in [0, 0.1) is 0 Å². The largest absolute Gasteiger partial charge is 0.482 e. The summed E-state index contributed by atoms with van der Waals surface area (Å²) in [6, 6.07) is 9.39. The Morgan fingerprint density at radius 2 is 2.18 bits per heavy atom. The zero-order valence-corrected chi connectivity index (χ0v) is 14.4. The number of hydrogen-bond acceptors (Lipinski definition) is 5. The molecule has 0 aliphatic carbocycles. The van der Waals surface area contributed by atoms with Crippen LogP contribution in [0.4, 0.5) is 0 Å². The number of nitrogens with zero attached hydrogens (tertiary/aromatic N) is 2. The van der Waals surface area contributed by atoms with Crippen molar-refractivity contribution in [3.05, 3.63) is 61.9 Å². The van der Waals surface area contributed by atoms with Gasteiger partial charge in [-0.1, -0.05) is 33.6 Å². The third-order valence-electron chi connectivity index (χ3n) is 2.66. The highest BCUT2D eigenvalue weighted by molar-refractivity contribution is 9.10. The first-order valence-corrected chi connectivity index (χ1v) is 8.37. The molecule has 2 heterocycles. The van der Waals surface area contributed by atoms with Gasteiger partial charge < -0.3 is 9.15 Å². The molecular formula is C15H10BrClN2O2S. The van der Waals surface area contributed by atoms with Crippen LogP contribution in [0.1, 0.15) is 16.7 Å². The van der Waals surface area contributed by atoms with E-state index in [-0.39, 0.29) is 6.61 Å². The summed E-state index contributed by atoms with van der Waals surface area (Å²) in [6.45, 7) is 0.168. The standard InChI is InChI=1S/C15H10BrClN2O2S/c16-10-3-5-13(12(17)8-10)20-9-15-19-18-14(21-15)6-4-11-2-1-7-22-11/h1-8H,9H2. The zero-order chi connectivity index (χ0) is 15.4. The van der Waals surface area contributed by atoms with Gasteiger partial charge in [0, 0.05) is 15.4 Å². The first-order chi connectivity index (χ1) is 10.7. The molecule has 7 heteroatoms. The zero-order valence-electron chi connectivity index (χ0n) is 11.2. The van der Waals surface area contributed by atoms with Gasteiger partial charge in [0.05, 0.1) is 5.02 Å². The van der Waals surface area contributed by atoms with Crippen molar-refractivity contribution >= 4 is 51.0 Å². The lowest BCUT2D eigenvalue weighted by Gasteiger charge is -2.05. The van der Waals surface area contributed by atoms with Crippen molar-refractivity contribution in [1.29, 1.82) is 0 Å². The van der Waals surface area contributed by atoms with E-state index in [0.29, 0.717) is 22.6 Å². The molecule has 0 N–H and O–H groups in total. The normalized spacial score (nSPS) is 11.2. The number of rotatable bonds is 5. The summed E-state index contributed by atoms with van der Waals surface area (Å²) in [4.78, 5) is 1.12. The fraction of sp³-hybridized carbons (Fsp3) is 0.0667. The Hall–Kier alpha value is -1.63. The molecule has 0 aliphatic heterocycles. The third-order valence-corrected chi connectivity index (χ3v) is 4.29. The molecule has 0 unspecified atom stereocenters. The van der Waals surface area contributed by atoms with E-state index < -0.39 is 0 Å². The summed E-state index contributed by atoms with van der Waals surface area (Å²) in [6.07, 6.45) is 3.70. The second kappa shape index (κ2) is 7.09. The molecule has 0 aliphatic rings. The Kier molecular flexibility index (Phi) is 4.92. The number of thiophene rings is 1. The first kappa shape index (κ1) is 15.3. The molecule has 0 radical (unpaired) electrons. The molecule has 3 aromatic rings. The van der Waals surface area contributed by atoms with Gasteiger partial charge in [0.15, 0.2) is 6.61 Å². The van der Waals surface area contributed by atoms with Gasteiger partial charge in [0.1, 0.15) is 5.75 Å². The van der Waals surface area contributed by atoms with Gasteiger partial charge in [-0.05, 0) is 35.7 Å². The van der Waals surface area contributed by atoms with Crippen molar-refractivity contribution in [2.24, 2.45) is 0 Å². The number of benzene rings is 1. The topological polar surface area (TPSA) is 48.2 Å². The number of halogens is 2. The molecular weight excluding hydrogens is 388 g/mol. The molecule has 0 saturated heterocycles. The van der Waals surface area contributed by atoms with E-state index in [9.17, 15) is 0 Å². The van der Waals surface area contributed by atoms with Gasteiger partial charge in [-0.3, -0.25) is 0 Å². The second-order valence-electron chi connectivity index (χ2n) is 4.25. The Morgan fingerprint density at radius 3 is 2.95 bits per heavy atom. The average Bonchev–Trinajstić information content (AvgIpc) is 3.16. The van der Waals surface area contributed by atoms with Crippen LogP contribution in [-0.2, 0) is 6.61 Å². The van der Waals surface area contributed by atoms with E-state index in [4.69, 9.17) is 20.8 Å². The quantitative estimate of drug-likeness (QED) is 0.586. The van der Waals surface area contributed by atoms with E-state index in [1.807, 2.05) is 29.7 Å². The predicted octanol–water partition coefficient (Wildman–Crippen LogP) is 5.30. The lowest BCUT2D eigenvalue weighted by atomic mass is 10.3. The van der Waals surface area contributed by atoms with E-state index in [0.717, 1.165) is 9.35 Å². The monoisotopic (exact) mass is 396 g/mol. The van der Waals surface area contributed by atoms with Crippen LogP contribution in [0.3, 0.4) is 0 Å². The van der Waals surface area contributed by atoms with Gasteiger partial charge in [-0.15, -0.1) is 21.5 Å². The molecule has 0 spiro atoms. The van der Waals surface area contributed by atoms with Crippen molar-refractivity contribution in [3.8, 4) is 5.75 Å². The maximum Gasteiger partial charge on any atom is 0.254 e. The fourth-order valence-electron chi connectivity index (χ4n) is 1.66. The second-order valence-corrected chi connectivity index (χ2v) is 6.55. The predicted molar refractivity (Wildman–Crippen MR) is 91.0 cm³/mol. The molecule has 0 atom stereocenters. The molecule has 112 valence electrons. The number of ether oxygens (including phenoxy) is 1. The van der Waals surface area contributed by atoms with Crippen LogP contribution in [0.25, 0.3) is 12.2 Å². The third kappa shape index (κ3) is 3.97. The van der Waals surface area contributed by atoms with Gasteiger partial charge >= 0.3 is 0 Å². The molecule has 0 saturated carbocycles.